The number of aryl methyl sites for hydroxylation is 1. The van der Waals surface area contributed by atoms with Crippen molar-refractivity contribution in [3.8, 4) is 17.7 Å². The molecule has 1 saturated carbocycles. The number of hydrogen-bond donors (Lipinski definition) is 2. The zero-order chi connectivity index (χ0) is 27.7. The number of rotatable bonds is 8. The van der Waals surface area contributed by atoms with Crippen molar-refractivity contribution in [2.24, 2.45) is 5.92 Å². The Balaban J connectivity index is 1.35. The van der Waals surface area contributed by atoms with E-state index in [1.54, 1.807) is 18.2 Å². The van der Waals surface area contributed by atoms with Crippen LogP contribution in [0.1, 0.15) is 53.7 Å². The van der Waals surface area contributed by atoms with Gasteiger partial charge in [0, 0.05) is 33.7 Å². The lowest BCUT2D eigenvalue weighted by Gasteiger charge is -2.21. The minimum Gasteiger partial charge on any atom is -0.439 e. The van der Waals surface area contributed by atoms with Crippen LogP contribution >= 0.6 is 33.9 Å². The van der Waals surface area contributed by atoms with Gasteiger partial charge in [-0.2, -0.15) is 5.26 Å². The lowest BCUT2D eigenvalue weighted by atomic mass is 9.82. The van der Waals surface area contributed by atoms with E-state index >= 15 is 0 Å². The maximum Gasteiger partial charge on any atom is 0.255 e. The molecule has 5 rings (SSSR count). The smallest absolute Gasteiger partial charge is 0.255 e. The number of hydrogen-bond acceptors (Lipinski definition) is 7. The van der Waals surface area contributed by atoms with E-state index < -0.39 is 5.41 Å². The molecule has 2 amide bonds. The highest BCUT2D eigenvalue weighted by atomic mass is 127. The predicted octanol–water partition coefficient (Wildman–Crippen LogP) is 7.13. The molecule has 1 fully saturated rings. The summed E-state index contributed by atoms with van der Waals surface area (Å²) >= 11 is 3.53. The Morgan fingerprint density at radius 1 is 1.15 bits per heavy atom. The van der Waals surface area contributed by atoms with Gasteiger partial charge in [0.05, 0.1) is 11.5 Å². The Bertz CT molecular complexity index is 1640. The Morgan fingerprint density at radius 2 is 1.95 bits per heavy atom. The first-order chi connectivity index (χ1) is 18.7. The first-order valence-corrected chi connectivity index (χ1v) is 14.8. The molecule has 0 bridgehead atoms. The summed E-state index contributed by atoms with van der Waals surface area (Å²) in [6.07, 6.45) is 1.86. The average Bonchev–Trinajstić information content (AvgIpc) is 3.70. The number of alkyl halides is 1. The number of nitrogens with one attached hydrogen (secondary N) is 2. The van der Waals surface area contributed by atoms with Gasteiger partial charge in [0.15, 0.2) is 5.13 Å². The molecule has 2 aromatic carbocycles. The van der Waals surface area contributed by atoms with E-state index in [0.717, 1.165) is 29.5 Å². The molecule has 39 heavy (non-hydrogen) atoms. The highest BCUT2D eigenvalue weighted by molar-refractivity contribution is 14.1. The summed E-state index contributed by atoms with van der Waals surface area (Å²) < 4.78 is 6.70. The van der Waals surface area contributed by atoms with Crippen LogP contribution < -0.4 is 15.4 Å². The number of anilines is 2. The van der Waals surface area contributed by atoms with Gasteiger partial charge in [-0.25, -0.2) is 9.97 Å². The Hall–Kier alpha value is -3.56. The van der Waals surface area contributed by atoms with Crippen molar-refractivity contribution in [3.05, 3.63) is 70.8 Å². The number of amides is 2. The molecule has 2 aromatic heterocycles. The molecule has 8 nitrogen and oxygen atoms in total. The topological polar surface area (TPSA) is 117 Å². The standard InChI is InChI=1S/C29H26IN5O3S/c1-16-7-10-18(32-26(37)19-5-4-6-21(20(19)14-30)29(2,3)15-31)13-23(16)38-24-12-11-22-27(34-24)39-28(33-22)35-25(36)17-8-9-17/h4-7,10-13,17H,8-9,14H2,1-3H3,(H,32,37)(H,33,35,36). The van der Waals surface area contributed by atoms with Crippen molar-refractivity contribution in [2.75, 3.05) is 10.6 Å². The number of thiazole rings is 1. The minimum absolute atomic E-state index is 0.00567. The largest absolute Gasteiger partial charge is 0.439 e. The summed E-state index contributed by atoms with van der Waals surface area (Å²) in [5.74, 6) is 0.792. The number of pyridine rings is 1. The summed E-state index contributed by atoms with van der Waals surface area (Å²) in [5, 5.41) is 16.0. The first-order valence-electron chi connectivity index (χ1n) is 12.5. The SMILES string of the molecule is Cc1ccc(NC(=O)c2cccc(C(C)(C)C#N)c2CI)cc1Oc1ccc2nc(NC(=O)C3CC3)sc2n1. The molecular formula is C29H26IN5O3S. The maximum atomic E-state index is 13.3. The first kappa shape index (κ1) is 27.0. The second-order valence-electron chi connectivity index (χ2n) is 9.99. The van der Waals surface area contributed by atoms with Crippen molar-refractivity contribution in [2.45, 2.75) is 43.5 Å². The number of halogens is 1. The molecule has 4 aromatic rings. The molecule has 0 unspecified atom stereocenters. The van der Waals surface area contributed by atoms with Crippen molar-refractivity contribution >= 4 is 66.9 Å². The monoisotopic (exact) mass is 651 g/mol. The lowest BCUT2D eigenvalue weighted by Crippen LogP contribution is -2.21. The number of carbonyl (C=O) groups is 2. The van der Waals surface area contributed by atoms with Crippen LogP contribution in [0.25, 0.3) is 10.3 Å². The molecule has 1 aliphatic carbocycles. The van der Waals surface area contributed by atoms with E-state index in [-0.39, 0.29) is 17.7 Å². The number of aromatic nitrogens is 2. The van der Waals surface area contributed by atoms with E-state index in [1.807, 2.05) is 51.1 Å². The Labute approximate surface area is 244 Å². The molecule has 198 valence electrons. The molecule has 0 saturated heterocycles. The van der Waals surface area contributed by atoms with Crippen LogP contribution in [0.2, 0.25) is 0 Å². The highest BCUT2D eigenvalue weighted by Crippen LogP contribution is 2.34. The summed E-state index contributed by atoms with van der Waals surface area (Å²) in [6, 6.07) is 16.8. The third-order valence-corrected chi connectivity index (χ3v) is 8.22. The molecule has 0 atom stereocenters. The van der Waals surface area contributed by atoms with Gasteiger partial charge >= 0.3 is 0 Å². The van der Waals surface area contributed by atoms with Crippen molar-refractivity contribution in [1.29, 1.82) is 5.26 Å². The van der Waals surface area contributed by atoms with Gasteiger partial charge in [-0.05, 0) is 68.5 Å². The zero-order valence-corrected chi connectivity index (χ0v) is 24.6. The van der Waals surface area contributed by atoms with Gasteiger partial charge in [-0.15, -0.1) is 0 Å². The quantitative estimate of drug-likeness (QED) is 0.155. The summed E-state index contributed by atoms with van der Waals surface area (Å²) in [6.45, 7) is 5.62. The van der Waals surface area contributed by atoms with Gasteiger partial charge in [0.25, 0.3) is 5.91 Å². The molecule has 10 heteroatoms. The third-order valence-electron chi connectivity index (χ3n) is 6.58. The molecular weight excluding hydrogens is 625 g/mol. The number of nitriles is 1. The second-order valence-corrected chi connectivity index (χ2v) is 11.7. The van der Waals surface area contributed by atoms with Crippen LogP contribution in [0.15, 0.2) is 48.5 Å². The van der Waals surface area contributed by atoms with E-state index in [0.29, 0.717) is 42.8 Å². The van der Waals surface area contributed by atoms with Crippen LogP contribution in [-0.4, -0.2) is 21.8 Å². The summed E-state index contributed by atoms with van der Waals surface area (Å²) in [7, 11) is 0. The van der Waals surface area contributed by atoms with Gasteiger partial charge in [0.1, 0.15) is 16.1 Å². The fourth-order valence-corrected chi connectivity index (χ4v) is 5.81. The normalized spacial score (nSPS) is 13.1. The zero-order valence-electron chi connectivity index (χ0n) is 21.7. The molecule has 1 aliphatic rings. The molecule has 0 spiro atoms. The molecule has 2 heterocycles. The summed E-state index contributed by atoms with van der Waals surface area (Å²) in [4.78, 5) is 35.1. The van der Waals surface area contributed by atoms with Gasteiger partial charge in [-0.1, -0.05) is 52.1 Å². The molecule has 0 radical (unpaired) electrons. The number of nitrogens with zero attached hydrogens (tertiary/aromatic N) is 3. The van der Waals surface area contributed by atoms with E-state index in [2.05, 4.69) is 49.3 Å². The van der Waals surface area contributed by atoms with Crippen molar-refractivity contribution in [1.82, 2.24) is 9.97 Å². The Kier molecular flexibility index (Phi) is 7.55. The second kappa shape index (κ2) is 10.9. The van der Waals surface area contributed by atoms with E-state index in [4.69, 9.17) is 4.74 Å². The number of ether oxygens (including phenoxy) is 1. The van der Waals surface area contributed by atoms with Crippen molar-refractivity contribution in [3.63, 3.8) is 0 Å². The van der Waals surface area contributed by atoms with Crippen LogP contribution in [0, 0.1) is 24.2 Å². The molecule has 0 aliphatic heterocycles. The van der Waals surface area contributed by atoms with Gasteiger partial charge < -0.3 is 15.4 Å². The van der Waals surface area contributed by atoms with Gasteiger partial charge in [0.2, 0.25) is 11.8 Å². The van der Waals surface area contributed by atoms with Crippen molar-refractivity contribution < 1.29 is 14.3 Å². The number of carbonyl (C=O) groups excluding carboxylic acids is 2. The van der Waals surface area contributed by atoms with Crippen LogP contribution in [-0.2, 0) is 14.6 Å². The van der Waals surface area contributed by atoms with Crippen LogP contribution in [0.4, 0.5) is 10.8 Å². The fraction of sp³-hybridized carbons (Fsp3) is 0.276. The summed E-state index contributed by atoms with van der Waals surface area (Å²) in [5.41, 5.74) is 3.66. The van der Waals surface area contributed by atoms with Crippen LogP contribution in [0.5, 0.6) is 11.6 Å². The fourth-order valence-electron chi connectivity index (χ4n) is 4.15. The molecule has 2 N–H and O–H groups in total. The number of fused-ring (bicyclic) bond motifs is 1. The third kappa shape index (κ3) is 5.89. The minimum atomic E-state index is -0.711. The number of benzene rings is 2. The van der Waals surface area contributed by atoms with E-state index in [9.17, 15) is 14.9 Å². The Morgan fingerprint density at radius 3 is 2.67 bits per heavy atom. The maximum absolute atomic E-state index is 13.3. The highest BCUT2D eigenvalue weighted by Gasteiger charge is 2.30. The van der Waals surface area contributed by atoms with Crippen LogP contribution in [0.3, 0.4) is 0 Å². The lowest BCUT2D eigenvalue weighted by molar-refractivity contribution is -0.117. The predicted molar refractivity (Wildman–Crippen MR) is 161 cm³/mol. The van der Waals surface area contributed by atoms with E-state index in [1.165, 1.54) is 11.3 Å². The average molecular weight is 652 g/mol. The van der Waals surface area contributed by atoms with Gasteiger partial charge in [-0.3, -0.25) is 9.59 Å².